The van der Waals surface area contributed by atoms with Gasteiger partial charge in [-0.2, -0.15) is 4.31 Å². The van der Waals surface area contributed by atoms with E-state index < -0.39 is 10.0 Å². The van der Waals surface area contributed by atoms with Crippen LogP contribution in [-0.2, 0) is 21.4 Å². The van der Waals surface area contributed by atoms with Crippen LogP contribution in [0.15, 0.2) is 14.7 Å². The minimum atomic E-state index is -3.57. The van der Waals surface area contributed by atoms with E-state index in [2.05, 4.69) is 15.9 Å². The summed E-state index contributed by atoms with van der Waals surface area (Å²) in [7, 11) is -3.57. The second-order valence-electron chi connectivity index (χ2n) is 4.79. The summed E-state index contributed by atoms with van der Waals surface area (Å²) in [4.78, 5) is 0.865. The summed E-state index contributed by atoms with van der Waals surface area (Å²) >= 11 is 4.53. The Morgan fingerprint density at radius 1 is 1.60 bits per heavy atom. The highest BCUT2D eigenvalue weighted by Crippen LogP contribution is 2.35. The lowest BCUT2D eigenvalue weighted by molar-refractivity contribution is -0.0230. The molecule has 20 heavy (non-hydrogen) atoms. The van der Waals surface area contributed by atoms with Crippen LogP contribution in [0.4, 0.5) is 0 Å². The Kier molecular flexibility index (Phi) is 5.25. The van der Waals surface area contributed by atoms with Crippen LogP contribution < -0.4 is 0 Å². The lowest BCUT2D eigenvalue weighted by Gasteiger charge is -2.37. The van der Waals surface area contributed by atoms with Crippen molar-refractivity contribution in [1.29, 1.82) is 0 Å². The number of aliphatic hydroxyl groups excluding tert-OH is 1. The third-order valence-electron chi connectivity index (χ3n) is 3.34. The van der Waals surface area contributed by atoms with Crippen LogP contribution >= 0.6 is 27.3 Å². The minimum absolute atomic E-state index is 0.109. The number of thiophene rings is 1. The Balaban J connectivity index is 2.39. The van der Waals surface area contributed by atoms with Gasteiger partial charge in [0.25, 0.3) is 0 Å². The molecule has 0 spiro atoms. The van der Waals surface area contributed by atoms with Crippen molar-refractivity contribution in [3.63, 3.8) is 0 Å². The molecule has 0 aliphatic carbocycles. The average molecular weight is 384 g/mol. The minimum Gasteiger partial charge on any atom is -0.391 e. The van der Waals surface area contributed by atoms with E-state index >= 15 is 0 Å². The number of rotatable bonds is 4. The van der Waals surface area contributed by atoms with E-state index in [1.54, 1.807) is 0 Å². The number of hydrogen-bond donors (Lipinski definition) is 1. The SMILES string of the molecule is CCC1COC(C)CN1S(=O)(=O)c1cc(CO)sc1Br. The van der Waals surface area contributed by atoms with Crippen molar-refractivity contribution in [2.45, 2.75) is 43.9 Å². The molecule has 0 amide bonds. The molecule has 0 bridgehead atoms. The van der Waals surface area contributed by atoms with Gasteiger partial charge in [0.15, 0.2) is 0 Å². The molecule has 1 aliphatic rings. The monoisotopic (exact) mass is 383 g/mol. The Bertz CT molecular complexity index is 572. The van der Waals surface area contributed by atoms with E-state index in [0.29, 0.717) is 28.2 Å². The topological polar surface area (TPSA) is 66.8 Å². The molecule has 0 radical (unpaired) electrons. The van der Waals surface area contributed by atoms with Gasteiger partial charge < -0.3 is 9.84 Å². The zero-order valence-corrected chi connectivity index (χ0v) is 14.6. The number of aliphatic hydroxyl groups is 1. The summed E-state index contributed by atoms with van der Waals surface area (Å²) in [5.74, 6) is 0. The van der Waals surface area contributed by atoms with Gasteiger partial charge in [0.2, 0.25) is 10.0 Å². The Morgan fingerprint density at radius 3 is 2.85 bits per heavy atom. The zero-order chi connectivity index (χ0) is 14.9. The summed E-state index contributed by atoms with van der Waals surface area (Å²) in [6, 6.07) is 1.40. The van der Waals surface area contributed by atoms with Crippen LogP contribution in [0.3, 0.4) is 0 Å². The Labute approximate surface area is 131 Å². The van der Waals surface area contributed by atoms with Gasteiger partial charge >= 0.3 is 0 Å². The van der Waals surface area contributed by atoms with Gasteiger partial charge in [0.05, 0.1) is 23.1 Å². The third-order valence-corrected chi connectivity index (χ3v) is 7.49. The molecule has 1 fully saturated rings. The van der Waals surface area contributed by atoms with Gasteiger partial charge in [-0.05, 0) is 35.3 Å². The first-order valence-corrected chi connectivity index (χ1v) is 9.47. The molecule has 2 unspecified atom stereocenters. The maximum Gasteiger partial charge on any atom is 0.245 e. The summed E-state index contributed by atoms with van der Waals surface area (Å²) in [5.41, 5.74) is 0. The maximum absolute atomic E-state index is 12.8. The first-order valence-electron chi connectivity index (χ1n) is 6.42. The van der Waals surface area contributed by atoms with Crippen LogP contribution in [0.2, 0.25) is 0 Å². The van der Waals surface area contributed by atoms with E-state index in [9.17, 15) is 8.42 Å². The highest BCUT2D eigenvalue weighted by molar-refractivity contribution is 9.11. The van der Waals surface area contributed by atoms with Crippen LogP contribution in [-0.4, -0.2) is 43.1 Å². The molecule has 0 aromatic carbocycles. The summed E-state index contributed by atoms with van der Waals surface area (Å²) < 4.78 is 33.2. The molecule has 1 saturated heterocycles. The van der Waals surface area contributed by atoms with Gasteiger partial charge in [0, 0.05) is 17.5 Å². The molecule has 5 nitrogen and oxygen atoms in total. The first-order chi connectivity index (χ1) is 9.40. The van der Waals surface area contributed by atoms with Crippen LogP contribution in [0.1, 0.15) is 25.1 Å². The van der Waals surface area contributed by atoms with Gasteiger partial charge in [-0.1, -0.05) is 6.92 Å². The molecule has 1 aromatic heterocycles. The zero-order valence-electron chi connectivity index (χ0n) is 11.4. The van der Waals surface area contributed by atoms with Crippen molar-refractivity contribution in [2.75, 3.05) is 13.2 Å². The van der Waals surface area contributed by atoms with Gasteiger partial charge in [-0.25, -0.2) is 8.42 Å². The molecule has 2 rings (SSSR count). The van der Waals surface area contributed by atoms with Crippen molar-refractivity contribution in [3.05, 3.63) is 14.7 Å². The summed E-state index contributed by atoms with van der Waals surface area (Å²) in [6.45, 7) is 4.45. The fourth-order valence-corrected chi connectivity index (χ4v) is 6.46. The predicted molar refractivity (Wildman–Crippen MR) is 81.3 cm³/mol. The molecular weight excluding hydrogens is 366 g/mol. The van der Waals surface area contributed by atoms with Crippen molar-refractivity contribution < 1.29 is 18.3 Å². The number of sulfonamides is 1. The first kappa shape index (κ1) is 16.4. The second-order valence-corrected chi connectivity index (χ2v) is 9.10. The second kappa shape index (κ2) is 6.41. The number of ether oxygens (including phenoxy) is 1. The molecule has 0 saturated carbocycles. The standard InChI is InChI=1S/C12H18BrNO4S2/c1-3-9-7-18-8(2)5-14(9)20(16,17)11-4-10(6-15)19-12(11)13/h4,8-9,15H,3,5-7H2,1-2H3. The summed E-state index contributed by atoms with van der Waals surface area (Å²) in [5, 5.41) is 9.15. The van der Waals surface area contributed by atoms with E-state index in [4.69, 9.17) is 9.84 Å². The highest BCUT2D eigenvalue weighted by Gasteiger charge is 2.37. The molecular formula is C12H18BrNO4S2. The molecule has 2 atom stereocenters. The molecule has 8 heteroatoms. The van der Waals surface area contributed by atoms with Crippen molar-refractivity contribution in [1.82, 2.24) is 4.31 Å². The Morgan fingerprint density at radius 2 is 2.30 bits per heavy atom. The van der Waals surface area contributed by atoms with E-state index in [1.165, 1.54) is 21.7 Å². The summed E-state index contributed by atoms with van der Waals surface area (Å²) in [6.07, 6.45) is 0.600. The fraction of sp³-hybridized carbons (Fsp3) is 0.667. The van der Waals surface area contributed by atoms with Crippen LogP contribution in [0.5, 0.6) is 0 Å². The van der Waals surface area contributed by atoms with Gasteiger partial charge in [-0.3, -0.25) is 0 Å². The van der Waals surface area contributed by atoms with Crippen molar-refractivity contribution >= 4 is 37.3 Å². The third kappa shape index (κ3) is 3.10. The van der Waals surface area contributed by atoms with E-state index in [1.807, 2.05) is 13.8 Å². The smallest absolute Gasteiger partial charge is 0.245 e. The number of morpholine rings is 1. The molecule has 2 heterocycles. The lowest BCUT2D eigenvalue weighted by Crippen LogP contribution is -2.51. The van der Waals surface area contributed by atoms with Gasteiger partial charge in [-0.15, -0.1) is 11.3 Å². The molecule has 114 valence electrons. The quantitative estimate of drug-likeness (QED) is 0.864. The van der Waals surface area contributed by atoms with E-state index in [0.717, 1.165) is 0 Å². The maximum atomic E-state index is 12.8. The van der Waals surface area contributed by atoms with E-state index in [-0.39, 0.29) is 23.6 Å². The van der Waals surface area contributed by atoms with Gasteiger partial charge in [0.1, 0.15) is 4.90 Å². The normalized spacial score (nSPS) is 25.0. The largest absolute Gasteiger partial charge is 0.391 e. The van der Waals surface area contributed by atoms with Crippen LogP contribution in [0, 0.1) is 0 Å². The predicted octanol–water partition coefficient (Wildman–Crippen LogP) is 2.19. The number of hydrogen-bond acceptors (Lipinski definition) is 5. The van der Waals surface area contributed by atoms with Crippen molar-refractivity contribution in [2.24, 2.45) is 0 Å². The molecule has 1 aliphatic heterocycles. The fourth-order valence-electron chi connectivity index (χ4n) is 2.21. The van der Waals surface area contributed by atoms with Crippen LogP contribution in [0.25, 0.3) is 0 Å². The Hall–Kier alpha value is 0.01000. The molecule has 1 N–H and O–H groups in total. The number of nitrogens with zero attached hydrogens (tertiary/aromatic N) is 1. The average Bonchev–Trinajstić information content (AvgIpc) is 2.80. The highest BCUT2D eigenvalue weighted by atomic mass is 79.9. The molecule has 1 aromatic rings. The lowest BCUT2D eigenvalue weighted by atomic mass is 10.2. The van der Waals surface area contributed by atoms with Crippen molar-refractivity contribution in [3.8, 4) is 0 Å². The number of halogens is 1.